The predicted octanol–water partition coefficient (Wildman–Crippen LogP) is 5.51. The van der Waals surface area contributed by atoms with E-state index in [0.717, 1.165) is 5.69 Å². The average molecular weight is 476 g/mol. The minimum Gasteiger partial charge on any atom is -0.372 e. The van der Waals surface area contributed by atoms with E-state index < -0.39 is 10.0 Å². The fraction of sp³-hybridized carbons (Fsp3) is 0.304. The minimum absolute atomic E-state index is 0.175. The van der Waals surface area contributed by atoms with Crippen LogP contribution in [0.2, 0.25) is 10.0 Å². The van der Waals surface area contributed by atoms with Crippen LogP contribution in [0.3, 0.4) is 0 Å². The molecule has 0 unspecified atom stereocenters. The Hall–Kier alpha value is -1.99. The van der Waals surface area contributed by atoms with Crippen LogP contribution < -0.4 is 5.32 Å². The van der Waals surface area contributed by atoms with Gasteiger partial charge >= 0.3 is 0 Å². The van der Waals surface area contributed by atoms with Crippen LogP contribution in [0, 0.1) is 13.8 Å². The highest BCUT2D eigenvalue weighted by Gasteiger charge is 2.44. The fourth-order valence-corrected chi connectivity index (χ4v) is 6.61. The van der Waals surface area contributed by atoms with Gasteiger partial charge < -0.3 is 9.88 Å². The molecule has 8 heteroatoms. The van der Waals surface area contributed by atoms with E-state index in [0.29, 0.717) is 31.0 Å². The number of sulfonamides is 1. The molecule has 1 spiro atoms. The lowest BCUT2D eigenvalue weighted by Gasteiger charge is -2.46. The van der Waals surface area contributed by atoms with Crippen LogP contribution in [0.5, 0.6) is 0 Å². The third kappa shape index (κ3) is 3.20. The van der Waals surface area contributed by atoms with E-state index in [-0.39, 0.29) is 15.5 Å². The van der Waals surface area contributed by atoms with Crippen LogP contribution >= 0.6 is 23.2 Å². The first-order chi connectivity index (χ1) is 14.7. The van der Waals surface area contributed by atoms with Gasteiger partial charge in [-0.1, -0.05) is 29.3 Å². The highest BCUT2D eigenvalue weighted by Crippen LogP contribution is 2.45. The van der Waals surface area contributed by atoms with Crippen molar-refractivity contribution in [2.75, 3.05) is 18.4 Å². The molecule has 1 aromatic heterocycles. The smallest absolute Gasteiger partial charge is 0.243 e. The van der Waals surface area contributed by atoms with E-state index in [9.17, 15) is 8.42 Å². The van der Waals surface area contributed by atoms with Gasteiger partial charge in [-0.25, -0.2) is 8.42 Å². The van der Waals surface area contributed by atoms with Gasteiger partial charge in [0.2, 0.25) is 10.0 Å². The largest absolute Gasteiger partial charge is 0.372 e. The van der Waals surface area contributed by atoms with Crippen LogP contribution in [0.15, 0.2) is 53.6 Å². The predicted molar refractivity (Wildman–Crippen MR) is 125 cm³/mol. The first kappa shape index (κ1) is 20.9. The Morgan fingerprint density at radius 2 is 1.74 bits per heavy atom. The number of benzene rings is 2. The highest BCUT2D eigenvalue weighted by atomic mass is 35.5. The number of aryl methyl sites for hydroxylation is 1. The summed E-state index contributed by atoms with van der Waals surface area (Å²) >= 11 is 12.0. The summed E-state index contributed by atoms with van der Waals surface area (Å²) in [5.74, 6) is 0. The van der Waals surface area contributed by atoms with E-state index in [1.54, 1.807) is 4.31 Å². The van der Waals surface area contributed by atoms with E-state index in [1.807, 2.05) is 0 Å². The second-order valence-corrected chi connectivity index (χ2v) is 11.1. The molecular weight excluding hydrogens is 453 g/mol. The summed E-state index contributed by atoms with van der Waals surface area (Å²) in [6.07, 6.45) is 3.44. The molecule has 5 rings (SSSR count). The van der Waals surface area contributed by atoms with E-state index >= 15 is 0 Å². The highest BCUT2D eigenvalue weighted by molar-refractivity contribution is 7.89. The Bertz CT molecular complexity index is 1290. The summed E-state index contributed by atoms with van der Waals surface area (Å²) in [6.45, 7) is 5.10. The number of hydrogen-bond acceptors (Lipinski definition) is 3. The lowest BCUT2D eigenvalue weighted by atomic mass is 9.82. The molecule has 0 bridgehead atoms. The standard InChI is InChI=1S/C23H23Cl2N3O2S/c1-15-5-8-20-22(16(15)2)28-11-3-4-21(28)23(26-20)9-12-27(13-10-23)31(29,30)17-6-7-18(24)19(25)14-17/h3-8,11,14,26H,9-10,12-13H2,1-2H3. The van der Waals surface area contributed by atoms with Crippen molar-refractivity contribution in [3.05, 3.63) is 75.5 Å². The topological polar surface area (TPSA) is 54.3 Å². The van der Waals surface area contributed by atoms with Gasteiger partial charge in [0, 0.05) is 25.0 Å². The Morgan fingerprint density at radius 1 is 1.00 bits per heavy atom. The van der Waals surface area contributed by atoms with Crippen molar-refractivity contribution in [3.63, 3.8) is 0 Å². The molecule has 0 aliphatic carbocycles. The molecule has 3 aromatic rings. The van der Waals surface area contributed by atoms with Gasteiger partial charge in [0.15, 0.2) is 0 Å². The maximum absolute atomic E-state index is 13.2. The lowest BCUT2D eigenvalue weighted by molar-refractivity contribution is 0.247. The van der Waals surface area contributed by atoms with Crippen molar-refractivity contribution < 1.29 is 8.42 Å². The van der Waals surface area contributed by atoms with Crippen LogP contribution in [0.1, 0.15) is 29.7 Å². The molecule has 0 radical (unpaired) electrons. The molecule has 1 saturated heterocycles. The molecule has 1 N–H and O–H groups in total. The SMILES string of the molecule is Cc1ccc2c(c1C)-n1cccc1C1(CCN(S(=O)(=O)c3ccc(Cl)c(Cl)c3)CC1)N2. The maximum Gasteiger partial charge on any atom is 0.243 e. The number of rotatable bonds is 2. The minimum atomic E-state index is -3.64. The summed E-state index contributed by atoms with van der Waals surface area (Å²) in [5.41, 5.74) is 5.64. The zero-order valence-corrected chi connectivity index (χ0v) is 19.7. The lowest BCUT2D eigenvalue weighted by Crippen LogP contribution is -2.51. The first-order valence-electron chi connectivity index (χ1n) is 10.2. The van der Waals surface area contributed by atoms with Crippen LogP contribution in [-0.2, 0) is 15.6 Å². The van der Waals surface area contributed by atoms with Crippen molar-refractivity contribution >= 4 is 38.9 Å². The average Bonchev–Trinajstić information content (AvgIpc) is 3.24. The van der Waals surface area contributed by atoms with E-state index in [1.165, 1.54) is 40.7 Å². The van der Waals surface area contributed by atoms with Gasteiger partial charge in [-0.05, 0) is 74.2 Å². The Kier molecular flexibility index (Phi) is 4.90. The van der Waals surface area contributed by atoms with Crippen molar-refractivity contribution in [1.82, 2.24) is 8.87 Å². The van der Waals surface area contributed by atoms with Crippen molar-refractivity contribution in [2.45, 2.75) is 37.1 Å². The molecule has 5 nitrogen and oxygen atoms in total. The summed E-state index contributed by atoms with van der Waals surface area (Å²) in [4.78, 5) is 0.175. The molecule has 162 valence electrons. The molecule has 31 heavy (non-hydrogen) atoms. The first-order valence-corrected chi connectivity index (χ1v) is 12.4. The van der Waals surface area contributed by atoms with Gasteiger partial charge in [-0.15, -0.1) is 0 Å². The molecular formula is C23H23Cl2N3O2S. The van der Waals surface area contributed by atoms with Gasteiger partial charge in [0.1, 0.15) is 0 Å². The van der Waals surface area contributed by atoms with Crippen molar-refractivity contribution in [2.24, 2.45) is 0 Å². The molecule has 0 saturated carbocycles. The number of nitrogens with zero attached hydrogens (tertiary/aromatic N) is 2. The maximum atomic E-state index is 13.2. The number of hydrogen-bond donors (Lipinski definition) is 1. The fourth-order valence-electron chi connectivity index (χ4n) is 4.78. The van der Waals surface area contributed by atoms with Gasteiger partial charge in [0.05, 0.1) is 31.9 Å². The number of fused-ring (bicyclic) bond motifs is 4. The third-order valence-corrected chi connectivity index (χ3v) is 9.29. The third-order valence-electron chi connectivity index (χ3n) is 6.66. The number of nitrogens with one attached hydrogen (secondary N) is 1. The quantitative estimate of drug-likeness (QED) is 0.531. The number of halogens is 2. The molecule has 0 amide bonds. The number of aromatic nitrogens is 1. The molecule has 3 heterocycles. The molecule has 1 fully saturated rings. The molecule has 2 aliphatic rings. The summed E-state index contributed by atoms with van der Waals surface area (Å²) in [5, 5.41) is 4.35. The number of anilines is 1. The Morgan fingerprint density at radius 3 is 2.45 bits per heavy atom. The molecule has 0 atom stereocenters. The van der Waals surface area contributed by atoms with E-state index in [2.05, 4.69) is 54.2 Å². The van der Waals surface area contributed by atoms with Gasteiger partial charge in [-0.3, -0.25) is 0 Å². The summed E-state index contributed by atoms with van der Waals surface area (Å²) in [6, 6.07) is 12.9. The van der Waals surface area contributed by atoms with Gasteiger partial charge in [0.25, 0.3) is 0 Å². The van der Waals surface area contributed by atoms with Crippen molar-refractivity contribution in [3.8, 4) is 5.69 Å². The van der Waals surface area contributed by atoms with Crippen LogP contribution in [-0.4, -0.2) is 30.4 Å². The van der Waals surface area contributed by atoms with Gasteiger partial charge in [-0.2, -0.15) is 4.31 Å². The summed E-state index contributed by atoms with van der Waals surface area (Å²) < 4.78 is 30.2. The Labute approximate surface area is 192 Å². The van der Waals surface area contributed by atoms with Crippen LogP contribution in [0.4, 0.5) is 5.69 Å². The number of piperidine rings is 1. The zero-order valence-electron chi connectivity index (χ0n) is 17.3. The second-order valence-electron chi connectivity index (χ2n) is 8.35. The van der Waals surface area contributed by atoms with Crippen LogP contribution in [0.25, 0.3) is 5.69 Å². The second kappa shape index (κ2) is 7.27. The molecule has 2 aromatic carbocycles. The zero-order chi connectivity index (χ0) is 22.0. The Balaban J connectivity index is 1.46. The van der Waals surface area contributed by atoms with Crippen molar-refractivity contribution in [1.29, 1.82) is 0 Å². The van der Waals surface area contributed by atoms with E-state index in [4.69, 9.17) is 23.2 Å². The monoisotopic (exact) mass is 475 g/mol. The normalized spacial score (nSPS) is 17.8. The summed E-state index contributed by atoms with van der Waals surface area (Å²) in [7, 11) is -3.64. The molecule has 2 aliphatic heterocycles.